The van der Waals surface area contributed by atoms with Crippen molar-refractivity contribution in [1.29, 1.82) is 0 Å². The lowest BCUT2D eigenvalue weighted by molar-refractivity contribution is 0.251. The Morgan fingerprint density at radius 1 is 1.05 bits per heavy atom. The summed E-state index contributed by atoms with van der Waals surface area (Å²) in [5.74, 6) is 0. The third kappa shape index (κ3) is 6.94. The Morgan fingerprint density at radius 3 is 2.19 bits per heavy atom. The molecule has 0 saturated heterocycles. The van der Waals surface area contributed by atoms with E-state index in [9.17, 15) is 0 Å². The molecule has 1 unspecified atom stereocenters. The van der Waals surface area contributed by atoms with Gasteiger partial charge in [0.05, 0.1) is 0 Å². The van der Waals surface area contributed by atoms with E-state index in [0.717, 1.165) is 6.42 Å². The fraction of sp³-hybridized carbons (Fsp3) is 0.667. The molecule has 2 nitrogen and oxygen atoms in total. The van der Waals surface area contributed by atoms with Crippen molar-refractivity contribution < 1.29 is 0 Å². The van der Waals surface area contributed by atoms with Gasteiger partial charge in [0.25, 0.3) is 0 Å². The van der Waals surface area contributed by atoms with Crippen molar-refractivity contribution in [2.45, 2.75) is 52.0 Å². The monoisotopic (exact) mass is 354 g/mol. The minimum Gasteiger partial charge on any atom is -0.313 e. The molecular formula is C18H31BrN2. The Kier molecular flexibility index (Phi) is 9.98. The molecule has 1 aromatic rings. The van der Waals surface area contributed by atoms with Crippen LogP contribution in [0.2, 0.25) is 0 Å². The van der Waals surface area contributed by atoms with Gasteiger partial charge < -0.3 is 10.2 Å². The van der Waals surface area contributed by atoms with Crippen molar-refractivity contribution in [2.24, 2.45) is 0 Å². The molecular weight excluding hydrogens is 324 g/mol. The molecule has 0 radical (unpaired) electrons. The van der Waals surface area contributed by atoms with Gasteiger partial charge in [0.1, 0.15) is 0 Å². The molecule has 0 fully saturated rings. The van der Waals surface area contributed by atoms with Crippen molar-refractivity contribution in [1.82, 2.24) is 10.2 Å². The number of halogens is 1. The minimum atomic E-state index is 0.423. The number of rotatable bonds is 11. The van der Waals surface area contributed by atoms with E-state index >= 15 is 0 Å². The average Bonchev–Trinajstić information content (AvgIpc) is 2.51. The molecule has 0 spiro atoms. The maximum Gasteiger partial charge on any atom is 0.0340 e. The second-order valence-electron chi connectivity index (χ2n) is 5.70. The quantitative estimate of drug-likeness (QED) is 0.601. The summed E-state index contributed by atoms with van der Waals surface area (Å²) in [6.07, 6.45) is 6.34. The van der Waals surface area contributed by atoms with Gasteiger partial charge in [-0.15, -0.1) is 0 Å². The predicted molar refractivity (Wildman–Crippen MR) is 96.8 cm³/mol. The Bertz CT molecular complexity index is 373. The van der Waals surface area contributed by atoms with Crippen LogP contribution in [0.25, 0.3) is 0 Å². The highest BCUT2D eigenvalue weighted by Crippen LogP contribution is 2.25. The molecule has 1 rings (SSSR count). The highest BCUT2D eigenvalue weighted by atomic mass is 79.9. The lowest BCUT2D eigenvalue weighted by Gasteiger charge is -2.25. The summed E-state index contributed by atoms with van der Waals surface area (Å²) in [7, 11) is 2.06. The van der Waals surface area contributed by atoms with Crippen LogP contribution >= 0.6 is 15.9 Å². The topological polar surface area (TPSA) is 15.3 Å². The van der Waals surface area contributed by atoms with E-state index in [2.05, 4.69) is 71.3 Å². The smallest absolute Gasteiger partial charge is 0.0340 e. The molecule has 0 aliphatic rings. The second-order valence-corrected chi connectivity index (χ2v) is 6.55. The van der Waals surface area contributed by atoms with E-state index in [4.69, 9.17) is 0 Å². The summed E-state index contributed by atoms with van der Waals surface area (Å²) in [5.41, 5.74) is 1.37. The lowest BCUT2D eigenvalue weighted by Crippen LogP contribution is -2.30. The Labute approximate surface area is 139 Å². The summed E-state index contributed by atoms with van der Waals surface area (Å²) in [6, 6.07) is 8.97. The molecule has 0 aliphatic carbocycles. The van der Waals surface area contributed by atoms with Gasteiger partial charge in [0.15, 0.2) is 0 Å². The fourth-order valence-electron chi connectivity index (χ4n) is 2.62. The van der Waals surface area contributed by atoms with Gasteiger partial charge in [0.2, 0.25) is 0 Å². The zero-order chi connectivity index (χ0) is 15.5. The van der Waals surface area contributed by atoms with Crippen molar-refractivity contribution in [3.63, 3.8) is 0 Å². The van der Waals surface area contributed by atoms with Crippen molar-refractivity contribution >= 4 is 15.9 Å². The van der Waals surface area contributed by atoms with E-state index in [1.54, 1.807) is 0 Å². The Balaban J connectivity index is 2.56. The van der Waals surface area contributed by atoms with Crippen LogP contribution in [0.15, 0.2) is 28.7 Å². The number of hydrogen-bond donors (Lipinski definition) is 1. The number of unbranched alkanes of at least 4 members (excludes halogenated alkanes) is 2. The zero-order valence-electron chi connectivity index (χ0n) is 13.9. The van der Waals surface area contributed by atoms with E-state index < -0.39 is 0 Å². The van der Waals surface area contributed by atoms with Gasteiger partial charge in [-0.1, -0.05) is 60.8 Å². The highest BCUT2D eigenvalue weighted by Gasteiger charge is 2.14. The second kappa shape index (κ2) is 11.2. The summed E-state index contributed by atoms with van der Waals surface area (Å²) in [5, 5.41) is 3.47. The molecule has 0 bridgehead atoms. The van der Waals surface area contributed by atoms with Crippen LogP contribution in [0, 0.1) is 0 Å². The third-order valence-corrected chi connectivity index (χ3v) is 4.74. The number of nitrogens with zero attached hydrogens (tertiary/aromatic N) is 1. The molecule has 0 saturated carbocycles. The van der Waals surface area contributed by atoms with E-state index in [1.165, 1.54) is 55.4 Å². The number of hydrogen-bond acceptors (Lipinski definition) is 2. The largest absolute Gasteiger partial charge is 0.313 e. The molecule has 3 heteroatoms. The van der Waals surface area contributed by atoms with Gasteiger partial charge in [-0.05, 0) is 57.6 Å². The van der Waals surface area contributed by atoms with E-state index in [0.29, 0.717) is 6.04 Å². The van der Waals surface area contributed by atoms with Crippen LogP contribution in [-0.4, -0.2) is 31.6 Å². The Hall–Kier alpha value is -0.380. The predicted octanol–water partition coefficient (Wildman–Crippen LogP) is 5.00. The van der Waals surface area contributed by atoms with Gasteiger partial charge in [-0.2, -0.15) is 0 Å². The normalized spacial score (nSPS) is 12.8. The molecule has 21 heavy (non-hydrogen) atoms. The zero-order valence-corrected chi connectivity index (χ0v) is 15.5. The molecule has 1 atom stereocenters. The maximum atomic E-state index is 3.68. The van der Waals surface area contributed by atoms with Crippen LogP contribution in [-0.2, 0) is 0 Å². The van der Waals surface area contributed by atoms with E-state index in [-0.39, 0.29) is 0 Å². The van der Waals surface area contributed by atoms with Gasteiger partial charge in [-0.3, -0.25) is 0 Å². The maximum absolute atomic E-state index is 3.68. The van der Waals surface area contributed by atoms with Crippen molar-refractivity contribution in [2.75, 3.05) is 26.7 Å². The SMILES string of the molecule is CCCCN(CCCC)CCC(NC)c1ccccc1Br. The molecule has 0 amide bonds. The van der Waals surface area contributed by atoms with Gasteiger partial charge in [-0.25, -0.2) is 0 Å². The van der Waals surface area contributed by atoms with Crippen molar-refractivity contribution in [3.8, 4) is 0 Å². The van der Waals surface area contributed by atoms with Gasteiger partial charge >= 0.3 is 0 Å². The van der Waals surface area contributed by atoms with Crippen LogP contribution < -0.4 is 5.32 Å². The van der Waals surface area contributed by atoms with Crippen LogP contribution in [0.1, 0.15) is 57.6 Å². The summed E-state index contributed by atoms with van der Waals surface area (Å²) in [6.45, 7) is 8.20. The fourth-order valence-corrected chi connectivity index (χ4v) is 3.18. The Morgan fingerprint density at radius 2 is 1.67 bits per heavy atom. The molecule has 1 N–H and O–H groups in total. The number of nitrogens with one attached hydrogen (secondary N) is 1. The summed E-state index contributed by atoms with van der Waals surface area (Å²) >= 11 is 3.68. The van der Waals surface area contributed by atoms with Gasteiger partial charge in [0, 0.05) is 10.5 Å². The van der Waals surface area contributed by atoms with E-state index in [1.807, 2.05) is 0 Å². The first kappa shape index (κ1) is 18.7. The first-order valence-electron chi connectivity index (χ1n) is 8.36. The van der Waals surface area contributed by atoms with Crippen molar-refractivity contribution in [3.05, 3.63) is 34.3 Å². The summed E-state index contributed by atoms with van der Waals surface area (Å²) < 4.78 is 1.21. The first-order chi connectivity index (χ1) is 10.2. The van der Waals surface area contributed by atoms with Crippen LogP contribution in [0.5, 0.6) is 0 Å². The molecule has 1 aromatic carbocycles. The molecule has 120 valence electrons. The third-order valence-electron chi connectivity index (χ3n) is 4.02. The lowest BCUT2D eigenvalue weighted by atomic mass is 10.0. The standard InChI is InChI=1S/C18H31BrN2/c1-4-6-13-21(14-7-5-2)15-12-18(20-3)16-10-8-9-11-17(16)19/h8-11,18,20H,4-7,12-15H2,1-3H3. The molecule has 0 aliphatic heterocycles. The summed E-state index contributed by atoms with van der Waals surface area (Å²) in [4.78, 5) is 2.63. The first-order valence-corrected chi connectivity index (χ1v) is 9.16. The minimum absolute atomic E-state index is 0.423. The number of benzene rings is 1. The average molecular weight is 355 g/mol. The molecule has 0 aromatic heterocycles. The van der Waals surface area contributed by atoms with Crippen LogP contribution in [0.3, 0.4) is 0 Å². The van der Waals surface area contributed by atoms with Crippen LogP contribution in [0.4, 0.5) is 0 Å². The molecule has 0 heterocycles. The highest BCUT2D eigenvalue weighted by molar-refractivity contribution is 9.10.